The number of likely N-dealkylation sites (tertiary alicyclic amines) is 1. The van der Waals surface area contributed by atoms with E-state index in [4.69, 9.17) is 0 Å². The molecule has 3 rings (SSSR count). The SMILES string of the molecule is CN(C)CCC(=O)N1C/C(=C\c2ccccc2)C(=O)/C(=C/c2ccccc2)C1. The standard InChI is InChI=1S/C24H26N2O2/c1-25(2)14-13-23(27)26-17-21(15-19-9-5-3-6-10-19)24(28)22(18-26)16-20-11-7-4-8-12-20/h3-12,15-16H,13-14,17-18H2,1-2H3/b21-15+,22-16+. The smallest absolute Gasteiger partial charge is 0.224 e. The van der Waals surface area contributed by atoms with Crippen LogP contribution in [0.3, 0.4) is 0 Å². The number of hydrogen-bond donors (Lipinski definition) is 0. The quantitative estimate of drug-likeness (QED) is 0.752. The highest BCUT2D eigenvalue weighted by atomic mass is 16.2. The van der Waals surface area contributed by atoms with Crippen molar-refractivity contribution in [1.82, 2.24) is 9.80 Å². The zero-order valence-electron chi connectivity index (χ0n) is 16.5. The van der Waals surface area contributed by atoms with Crippen molar-refractivity contribution in [2.24, 2.45) is 0 Å². The van der Waals surface area contributed by atoms with Crippen LogP contribution in [0.5, 0.6) is 0 Å². The van der Waals surface area contributed by atoms with Crippen LogP contribution in [0.1, 0.15) is 17.5 Å². The van der Waals surface area contributed by atoms with Gasteiger partial charge in [-0.1, -0.05) is 60.7 Å². The number of nitrogens with zero attached hydrogens (tertiary/aromatic N) is 2. The molecule has 2 aromatic rings. The molecule has 0 radical (unpaired) electrons. The molecule has 1 saturated heterocycles. The second kappa shape index (κ2) is 9.29. The van der Waals surface area contributed by atoms with Crippen LogP contribution in [-0.2, 0) is 9.59 Å². The number of piperidine rings is 1. The number of benzene rings is 2. The molecule has 4 heteroatoms. The van der Waals surface area contributed by atoms with Gasteiger partial charge in [-0.25, -0.2) is 0 Å². The summed E-state index contributed by atoms with van der Waals surface area (Å²) < 4.78 is 0. The van der Waals surface area contributed by atoms with Gasteiger partial charge in [0.05, 0.1) is 0 Å². The first kappa shape index (κ1) is 19.8. The summed E-state index contributed by atoms with van der Waals surface area (Å²) >= 11 is 0. The van der Waals surface area contributed by atoms with Gasteiger partial charge in [-0.05, 0) is 37.4 Å². The van der Waals surface area contributed by atoms with Crippen molar-refractivity contribution in [3.63, 3.8) is 0 Å². The molecule has 1 fully saturated rings. The van der Waals surface area contributed by atoms with Gasteiger partial charge in [0.15, 0.2) is 5.78 Å². The first-order valence-corrected chi connectivity index (χ1v) is 9.51. The molecule has 144 valence electrons. The van der Waals surface area contributed by atoms with Gasteiger partial charge in [0.1, 0.15) is 0 Å². The topological polar surface area (TPSA) is 40.6 Å². The monoisotopic (exact) mass is 374 g/mol. The maximum atomic E-state index is 13.1. The minimum absolute atomic E-state index is 0.0179. The number of ketones is 1. The van der Waals surface area contributed by atoms with E-state index in [0.29, 0.717) is 37.2 Å². The summed E-state index contributed by atoms with van der Waals surface area (Å²) in [5, 5.41) is 0. The van der Waals surface area contributed by atoms with Crippen molar-refractivity contribution in [2.45, 2.75) is 6.42 Å². The second-order valence-corrected chi connectivity index (χ2v) is 7.29. The predicted octanol–water partition coefficient (Wildman–Crippen LogP) is 3.52. The number of hydrogen-bond acceptors (Lipinski definition) is 3. The lowest BCUT2D eigenvalue weighted by atomic mass is 9.94. The summed E-state index contributed by atoms with van der Waals surface area (Å²) in [4.78, 5) is 29.6. The van der Waals surface area contributed by atoms with E-state index in [-0.39, 0.29) is 11.7 Å². The molecule has 28 heavy (non-hydrogen) atoms. The van der Waals surface area contributed by atoms with E-state index in [2.05, 4.69) is 0 Å². The average Bonchev–Trinajstić information content (AvgIpc) is 2.70. The number of rotatable bonds is 5. The maximum Gasteiger partial charge on any atom is 0.224 e. The lowest BCUT2D eigenvalue weighted by Crippen LogP contribution is -2.42. The third-order valence-corrected chi connectivity index (χ3v) is 4.71. The molecule has 1 heterocycles. The van der Waals surface area contributed by atoms with E-state index in [1.165, 1.54) is 0 Å². The maximum absolute atomic E-state index is 13.1. The van der Waals surface area contributed by atoms with E-state index in [9.17, 15) is 9.59 Å². The first-order chi connectivity index (χ1) is 13.5. The van der Waals surface area contributed by atoms with Gasteiger partial charge in [-0.2, -0.15) is 0 Å². The molecule has 1 aliphatic heterocycles. The Morgan fingerprint density at radius 2 is 1.36 bits per heavy atom. The fourth-order valence-corrected chi connectivity index (χ4v) is 3.19. The van der Waals surface area contributed by atoms with E-state index < -0.39 is 0 Å². The highest BCUT2D eigenvalue weighted by molar-refractivity contribution is 6.15. The number of carbonyl (C=O) groups excluding carboxylic acids is 2. The highest BCUT2D eigenvalue weighted by Crippen LogP contribution is 2.22. The normalized spacial score (nSPS) is 17.5. The molecular weight excluding hydrogens is 348 g/mol. The van der Waals surface area contributed by atoms with Crippen molar-refractivity contribution >= 4 is 23.8 Å². The fourth-order valence-electron chi connectivity index (χ4n) is 3.19. The van der Waals surface area contributed by atoms with Gasteiger partial charge in [0.2, 0.25) is 5.91 Å². The molecule has 1 aliphatic rings. The van der Waals surface area contributed by atoms with Crippen molar-refractivity contribution in [3.05, 3.63) is 82.9 Å². The van der Waals surface area contributed by atoms with Gasteiger partial charge in [0.25, 0.3) is 0 Å². The van der Waals surface area contributed by atoms with Gasteiger partial charge < -0.3 is 9.80 Å². The summed E-state index contributed by atoms with van der Waals surface area (Å²) in [5.41, 5.74) is 3.23. The van der Waals surface area contributed by atoms with Crippen molar-refractivity contribution in [1.29, 1.82) is 0 Å². The van der Waals surface area contributed by atoms with E-state index in [0.717, 1.165) is 11.1 Å². The first-order valence-electron chi connectivity index (χ1n) is 9.51. The predicted molar refractivity (Wildman–Crippen MR) is 114 cm³/mol. The molecule has 0 unspecified atom stereocenters. The minimum Gasteiger partial charge on any atom is -0.334 e. The fraction of sp³-hybridized carbons (Fsp3) is 0.250. The molecule has 2 aromatic carbocycles. The highest BCUT2D eigenvalue weighted by Gasteiger charge is 2.28. The Bertz CT molecular complexity index is 822. The van der Waals surface area contributed by atoms with E-state index >= 15 is 0 Å². The van der Waals surface area contributed by atoms with Crippen LogP contribution in [0.25, 0.3) is 12.2 Å². The van der Waals surface area contributed by atoms with Crippen LogP contribution >= 0.6 is 0 Å². The zero-order chi connectivity index (χ0) is 19.9. The van der Waals surface area contributed by atoms with Crippen LogP contribution in [0.4, 0.5) is 0 Å². The molecule has 0 spiro atoms. The Labute approximate surface area is 166 Å². The molecule has 0 aliphatic carbocycles. The van der Waals surface area contributed by atoms with Gasteiger partial charge >= 0.3 is 0 Å². The van der Waals surface area contributed by atoms with Gasteiger partial charge in [-0.3, -0.25) is 9.59 Å². The summed E-state index contributed by atoms with van der Waals surface area (Å²) in [6.45, 7) is 1.40. The summed E-state index contributed by atoms with van der Waals surface area (Å²) in [5.74, 6) is 0.0866. The Morgan fingerprint density at radius 3 is 1.79 bits per heavy atom. The molecule has 0 aromatic heterocycles. The lowest BCUT2D eigenvalue weighted by molar-refractivity contribution is -0.131. The Balaban J connectivity index is 1.91. The van der Waals surface area contributed by atoms with Gasteiger partial charge in [0, 0.05) is 37.2 Å². The molecule has 1 amide bonds. The second-order valence-electron chi connectivity index (χ2n) is 7.29. The summed E-state index contributed by atoms with van der Waals surface area (Å²) in [6, 6.07) is 19.5. The van der Waals surface area contributed by atoms with Gasteiger partial charge in [-0.15, -0.1) is 0 Å². The minimum atomic E-state index is 0.0179. The third kappa shape index (κ3) is 5.27. The van der Waals surface area contributed by atoms with Crippen LogP contribution in [0, 0.1) is 0 Å². The largest absolute Gasteiger partial charge is 0.334 e. The van der Waals surface area contributed by atoms with Crippen LogP contribution in [0.15, 0.2) is 71.8 Å². The number of Topliss-reactive ketones (excluding diaryl/α,β-unsaturated/α-hetero) is 1. The Morgan fingerprint density at radius 1 is 0.893 bits per heavy atom. The molecule has 0 atom stereocenters. The average molecular weight is 374 g/mol. The summed E-state index contributed by atoms with van der Waals surface area (Å²) in [7, 11) is 3.91. The van der Waals surface area contributed by atoms with Crippen molar-refractivity contribution in [3.8, 4) is 0 Å². The number of amides is 1. The van der Waals surface area contributed by atoms with E-state index in [1.807, 2.05) is 91.8 Å². The van der Waals surface area contributed by atoms with Crippen LogP contribution in [-0.4, -0.2) is 55.2 Å². The summed E-state index contributed by atoms with van der Waals surface area (Å²) in [6.07, 6.45) is 4.23. The Kier molecular flexibility index (Phi) is 6.56. The van der Waals surface area contributed by atoms with Crippen LogP contribution < -0.4 is 0 Å². The van der Waals surface area contributed by atoms with Crippen LogP contribution in [0.2, 0.25) is 0 Å². The molecule has 0 bridgehead atoms. The molecule has 0 saturated carbocycles. The molecule has 0 N–H and O–H groups in total. The molecule has 4 nitrogen and oxygen atoms in total. The number of carbonyl (C=O) groups is 2. The van der Waals surface area contributed by atoms with Crippen molar-refractivity contribution in [2.75, 3.05) is 33.7 Å². The van der Waals surface area contributed by atoms with Crippen molar-refractivity contribution < 1.29 is 9.59 Å². The van der Waals surface area contributed by atoms with E-state index in [1.54, 1.807) is 4.90 Å². The third-order valence-electron chi connectivity index (χ3n) is 4.71. The lowest BCUT2D eigenvalue weighted by Gasteiger charge is -2.30. The molecular formula is C24H26N2O2. The zero-order valence-corrected chi connectivity index (χ0v) is 16.5. The Hall–Kier alpha value is -2.98.